The molecule has 0 unspecified atom stereocenters. The molecule has 26 heavy (non-hydrogen) atoms. The Morgan fingerprint density at radius 2 is 2.00 bits per heavy atom. The molecule has 1 saturated heterocycles. The van der Waals surface area contributed by atoms with Gasteiger partial charge in [0.2, 0.25) is 12.0 Å². The van der Waals surface area contributed by atoms with Gasteiger partial charge in [0.25, 0.3) is 5.91 Å². The van der Waals surface area contributed by atoms with Crippen molar-refractivity contribution in [3.63, 3.8) is 0 Å². The first kappa shape index (κ1) is 17.7. The number of nitrogens with zero attached hydrogens (tertiary/aromatic N) is 2. The van der Waals surface area contributed by atoms with Crippen LogP contribution in [0.5, 0.6) is 5.75 Å². The fraction of sp³-hybridized carbons (Fsp3) is 0.412. The molecule has 0 bridgehead atoms. The summed E-state index contributed by atoms with van der Waals surface area (Å²) in [4.78, 5) is 50.5. The number of anilines is 1. The van der Waals surface area contributed by atoms with E-state index < -0.39 is 30.1 Å². The zero-order valence-electron chi connectivity index (χ0n) is 14.4. The largest absolute Gasteiger partial charge is 0.475 e. The van der Waals surface area contributed by atoms with Crippen LogP contribution in [0.1, 0.15) is 13.8 Å². The second kappa shape index (κ2) is 7.03. The van der Waals surface area contributed by atoms with Crippen LogP contribution in [0, 0.1) is 0 Å². The Kier molecular flexibility index (Phi) is 4.79. The number of nitrogens with one attached hydrogen (secondary N) is 1. The van der Waals surface area contributed by atoms with Gasteiger partial charge in [0.1, 0.15) is 5.75 Å². The molecule has 2 atom stereocenters. The summed E-state index contributed by atoms with van der Waals surface area (Å²) in [5, 5.41) is 2.51. The Bertz CT molecular complexity index is 765. The topological polar surface area (TPSA) is 105 Å². The molecule has 9 heteroatoms. The van der Waals surface area contributed by atoms with Crippen molar-refractivity contribution in [3.05, 3.63) is 24.3 Å². The molecule has 4 amide bonds. The number of imide groups is 1. The van der Waals surface area contributed by atoms with Crippen molar-refractivity contribution in [2.24, 2.45) is 0 Å². The average molecular weight is 361 g/mol. The molecule has 1 aromatic carbocycles. The predicted octanol–water partition coefficient (Wildman–Crippen LogP) is 0.284. The summed E-state index contributed by atoms with van der Waals surface area (Å²) in [6.45, 7) is 3.36. The fourth-order valence-electron chi connectivity index (χ4n) is 2.86. The number of benzene rings is 1. The first-order valence-electron chi connectivity index (χ1n) is 8.22. The van der Waals surface area contributed by atoms with Crippen LogP contribution >= 0.6 is 0 Å². The molecule has 138 valence electrons. The van der Waals surface area contributed by atoms with Gasteiger partial charge in [0.15, 0.2) is 6.10 Å². The van der Waals surface area contributed by atoms with Crippen molar-refractivity contribution in [2.45, 2.75) is 26.1 Å². The van der Waals surface area contributed by atoms with Crippen molar-refractivity contribution in [3.8, 4) is 5.75 Å². The van der Waals surface area contributed by atoms with E-state index in [1.165, 1.54) is 18.7 Å². The quantitative estimate of drug-likeness (QED) is 0.776. The number of carbonyl (C=O) groups excluding carboxylic acids is 4. The van der Waals surface area contributed by atoms with Gasteiger partial charge in [-0.05, 0) is 19.1 Å². The highest BCUT2D eigenvalue weighted by Crippen LogP contribution is 2.33. The maximum Gasteiger partial charge on any atom is 0.350 e. The molecular formula is C17H19N3O6. The van der Waals surface area contributed by atoms with Gasteiger partial charge in [-0.2, -0.15) is 0 Å². The zero-order chi connectivity index (χ0) is 18.8. The van der Waals surface area contributed by atoms with Crippen molar-refractivity contribution >= 4 is 29.5 Å². The normalized spacial score (nSPS) is 19.9. The summed E-state index contributed by atoms with van der Waals surface area (Å²) < 4.78 is 10.8. The van der Waals surface area contributed by atoms with Crippen LogP contribution in [0.3, 0.4) is 0 Å². The number of hydrogen-bond acceptors (Lipinski definition) is 6. The van der Waals surface area contributed by atoms with E-state index in [1.807, 2.05) is 0 Å². The maximum atomic E-state index is 12.4. The molecule has 9 nitrogen and oxygen atoms in total. The van der Waals surface area contributed by atoms with Gasteiger partial charge in [-0.3, -0.25) is 14.5 Å². The Morgan fingerprint density at radius 1 is 1.27 bits per heavy atom. The van der Waals surface area contributed by atoms with Gasteiger partial charge in [0, 0.05) is 20.0 Å². The number of ether oxygens (including phenoxy) is 2. The van der Waals surface area contributed by atoms with Crippen LogP contribution in [0.2, 0.25) is 0 Å². The summed E-state index contributed by atoms with van der Waals surface area (Å²) in [5.74, 6) is -1.23. The lowest BCUT2D eigenvalue weighted by Gasteiger charge is -2.33. The van der Waals surface area contributed by atoms with Gasteiger partial charge in [-0.15, -0.1) is 0 Å². The van der Waals surface area contributed by atoms with Gasteiger partial charge in [-0.1, -0.05) is 12.1 Å². The van der Waals surface area contributed by atoms with Crippen molar-refractivity contribution in [1.29, 1.82) is 0 Å². The van der Waals surface area contributed by atoms with E-state index in [4.69, 9.17) is 9.47 Å². The average Bonchev–Trinajstić information content (AvgIpc) is 3.05. The van der Waals surface area contributed by atoms with E-state index in [0.717, 1.165) is 4.90 Å². The predicted molar refractivity (Wildman–Crippen MR) is 89.6 cm³/mol. The molecule has 3 rings (SSSR count). The highest BCUT2D eigenvalue weighted by molar-refractivity contribution is 5.99. The molecule has 0 saturated carbocycles. The number of fused-ring (bicyclic) bond motifs is 1. The Morgan fingerprint density at radius 3 is 2.65 bits per heavy atom. The molecule has 0 spiro atoms. The van der Waals surface area contributed by atoms with Gasteiger partial charge in [-0.25, -0.2) is 9.59 Å². The third-order valence-electron chi connectivity index (χ3n) is 4.18. The van der Waals surface area contributed by atoms with E-state index in [-0.39, 0.29) is 19.0 Å². The molecule has 2 aliphatic heterocycles. The second-order valence-electron chi connectivity index (χ2n) is 6.00. The molecule has 1 N–H and O–H groups in total. The van der Waals surface area contributed by atoms with E-state index in [2.05, 4.69) is 5.32 Å². The minimum atomic E-state index is -1.14. The van der Waals surface area contributed by atoms with E-state index in [9.17, 15) is 19.2 Å². The van der Waals surface area contributed by atoms with E-state index in [0.29, 0.717) is 18.0 Å². The second-order valence-corrected chi connectivity index (χ2v) is 6.00. The summed E-state index contributed by atoms with van der Waals surface area (Å²) in [5.41, 5.74) is 0.571. The minimum absolute atomic E-state index is 0.0176. The number of para-hydroxylation sites is 2. The molecule has 0 radical (unpaired) electrons. The summed E-state index contributed by atoms with van der Waals surface area (Å²) >= 11 is 0. The standard InChI is InChI=1S/C17H19N3O6/c1-10(15(22)19-8-7-18-17(19)24)25-16(23)14-9-20(11(2)21)12-5-3-4-6-13(12)26-14/h3-6,10,14H,7-9H2,1-2H3,(H,18,24)/t10-,14-/m0/s1. The number of carbonyl (C=O) groups is 4. The summed E-state index contributed by atoms with van der Waals surface area (Å²) in [6, 6.07) is 6.34. The first-order chi connectivity index (χ1) is 12.4. The smallest absolute Gasteiger partial charge is 0.350 e. The molecule has 2 heterocycles. The number of esters is 1. The Labute approximate surface area is 149 Å². The number of urea groups is 1. The number of hydrogen-bond donors (Lipinski definition) is 1. The molecule has 2 aliphatic rings. The number of amides is 4. The first-order valence-corrected chi connectivity index (χ1v) is 8.22. The van der Waals surface area contributed by atoms with Crippen LogP contribution in [-0.2, 0) is 19.1 Å². The van der Waals surface area contributed by atoms with E-state index in [1.54, 1.807) is 24.3 Å². The van der Waals surface area contributed by atoms with Crippen LogP contribution in [0.15, 0.2) is 24.3 Å². The van der Waals surface area contributed by atoms with Crippen molar-refractivity contribution < 1.29 is 28.7 Å². The lowest BCUT2D eigenvalue weighted by Crippen LogP contribution is -2.49. The van der Waals surface area contributed by atoms with Crippen LogP contribution in [-0.4, -0.2) is 60.6 Å². The minimum Gasteiger partial charge on any atom is -0.475 e. The van der Waals surface area contributed by atoms with Crippen molar-refractivity contribution in [2.75, 3.05) is 24.5 Å². The third kappa shape index (κ3) is 3.32. The van der Waals surface area contributed by atoms with Gasteiger partial charge in [0.05, 0.1) is 12.2 Å². The van der Waals surface area contributed by atoms with Gasteiger partial charge >= 0.3 is 12.0 Å². The Hall–Kier alpha value is -3.10. The molecule has 0 aromatic heterocycles. The van der Waals surface area contributed by atoms with Crippen molar-refractivity contribution in [1.82, 2.24) is 10.2 Å². The fourth-order valence-corrected chi connectivity index (χ4v) is 2.86. The van der Waals surface area contributed by atoms with Gasteiger partial charge < -0.3 is 19.7 Å². The summed E-state index contributed by atoms with van der Waals surface area (Å²) in [6.07, 6.45) is -2.20. The lowest BCUT2D eigenvalue weighted by atomic mass is 10.2. The molecule has 1 fully saturated rings. The highest BCUT2D eigenvalue weighted by Gasteiger charge is 2.37. The maximum absolute atomic E-state index is 12.4. The van der Waals surface area contributed by atoms with Crippen LogP contribution in [0.4, 0.5) is 10.5 Å². The van der Waals surface area contributed by atoms with E-state index >= 15 is 0 Å². The van der Waals surface area contributed by atoms with Crippen LogP contribution in [0.25, 0.3) is 0 Å². The molecule has 1 aromatic rings. The lowest BCUT2D eigenvalue weighted by molar-refractivity contribution is -0.163. The third-order valence-corrected chi connectivity index (χ3v) is 4.18. The number of rotatable bonds is 3. The Balaban J connectivity index is 1.69. The monoisotopic (exact) mass is 361 g/mol. The van der Waals surface area contributed by atoms with Crippen LogP contribution < -0.4 is 15.0 Å². The molecule has 0 aliphatic carbocycles. The summed E-state index contributed by atoms with van der Waals surface area (Å²) in [7, 11) is 0. The SMILES string of the molecule is CC(=O)N1C[C@@H](C(=O)O[C@@H](C)C(=O)N2CCNC2=O)Oc2ccccc21. The molecular weight excluding hydrogens is 342 g/mol. The highest BCUT2D eigenvalue weighted by atomic mass is 16.6. The zero-order valence-corrected chi connectivity index (χ0v) is 14.4.